The molecule has 0 saturated heterocycles. The van der Waals surface area contributed by atoms with E-state index in [0.29, 0.717) is 0 Å². The van der Waals surface area contributed by atoms with Crippen LogP contribution >= 0.6 is 0 Å². The van der Waals surface area contributed by atoms with E-state index in [2.05, 4.69) is 62.9 Å². The molecule has 0 aliphatic carbocycles. The largest absolute Gasteiger partial charge is 0.372 e. The van der Waals surface area contributed by atoms with Crippen LogP contribution < -0.4 is 4.90 Å². The maximum absolute atomic E-state index is 2.65. The second-order valence-corrected chi connectivity index (χ2v) is 11.9. The van der Waals surface area contributed by atoms with Crippen LogP contribution in [0.15, 0.2) is 29.8 Å². The fourth-order valence-electron chi connectivity index (χ4n) is 5.54. The Labute approximate surface area is 240 Å². The molecule has 0 aliphatic rings. The SMILES string of the molecule is CCCCCCCCCCCCCC(=Cc1ccc(N(CCCCCC)CCCCCC)cc1)CCCC. The number of benzene rings is 1. The summed E-state index contributed by atoms with van der Waals surface area (Å²) in [5, 5.41) is 0. The lowest BCUT2D eigenvalue weighted by molar-refractivity contribution is 0.548. The summed E-state index contributed by atoms with van der Waals surface area (Å²) in [6.45, 7) is 11.7. The summed E-state index contributed by atoms with van der Waals surface area (Å²) in [5.41, 5.74) is 4.50. The van der Waals surface area contributed by atoms with E-state index in [0.717, 1.165) is 0 Å². The van der Waals surface area contributed by atoms with Crippen LogP contribution in [0.1, 0.15) is 181 Å². The van der Waals surface area contributed by atoms with Gasteiger partial charge in [0, 0.05) is 18.8 Å². The summed E-state index contributed by atoms with van der Waals surface area (Å²) in [6, 6.07) is 9.55. The third-order valence-corrected chi connectivity index (χ3v) is 8.15. The summed E-state index contributed by atoms with van der Waals surface area (Å²) in [4.78, 5) is 2.65. The van der Waals surface area contributed by atoms with Crippen molar-refractivity contribution in [3.8, 4) is 0 Å². The van der Waals surface area contributed by atoms with Gasteiger partial charge in [0.1, 0.15) is 0 Å². The lowest BCUT2D eigenvalue weighted by Crippen LogP contribution is -2.25. The fourth-order valence-corrected chi connectivity index (χ4v) is 5.54. The predicted octanol–water partition coefficient (Wildman–Crippen LogP) is 12.9. The van der Waals surface area contributed by atoms with Crippen molar-refractivity contribution >= 4 is 11.8 Å². The molecule has 0 bridgehead atoms. The van der Waals surface area contributed by atoms with Gasteiger partial charge in [0.15, 0.2) is 0 Å². The summed E-state index contributed by atoms with van der Waals surface area (Å²) >= 11 is 0. The maximum Gasteiger partial charge on any atom is 0.0366 e. The van der Waals surface area contributed by atoms with Crippen LogP contribution in [-0.4, -0.2) is 13.1 Å². The van der Waals surface area contributed by atoms with Crippen LogP contribution in [0.4, 0.5) is 5.69 Å². The van der Waals surface area contributed by atoms with Gasteiger partial charge in [-0.3, -0.25) is 0 Å². The van der Waals surface area contributed by atoms with Gasteiger partial charge in [0.25, 0.3) is 0 Å². The van der Waals surface area contributed by atoms with Gasteiger partial charge in [0.05, 0.1) is 0 Å². The topological polar surface area (TPSA) is 3.24 Å². The molecule has 1 nitrogen and oxygen atoms in total. The standard InChI is InChI=1S/C37H67N/c1-5-9-13-16-17-18-19-20-21-22-23-27-35(26-12-8-4)34-36-28-30-37(31-29-36)38(32-24-14-10-6-2)33-25-15-11-7-3/h28-31,34H,5-27,32-33H2,1-4H3. The Bertz CT molecular complexity index is 631. The van der Waals surface area contributed by atoms with Crippen molar-refractivity contribution in [2.75, 3.05) is 18.0 Å². The van der Waals surface area contributed by atoms with Crippen LogP contribution in [0.5, 0.6) is 0 Å². The molecule has 0 aliphatic heterocycles. The number of hydrogen-bond acceptors (Lipinski definition) is 1. The summed E-state index contributed by atoms with van der Waals surface area (Å²) in [6.07, 6.45) is 34.1. The van der Waals surface area contributed by atoms with Gasteiger partial charge in [0.2, 0.25) is 0 Å². The predicted molar refractivity (Wildman–Crippen MR) is 176 cm³/mol. The van der Waals surface area contributed by atoms with Crippen LogP contribution in [-0.2, 0) is 0 Å². The second-order valence-electron chi connectivity index (χ2n) is 11.9. The molecule has 0 amide bonds. The van der Waals surface area contributed by atoms with E-state index in [1.807, 2.05) is 0 Å². The molecule has 0 heterocycles. The molecule has 220 valence electrons. The molecule has 1 aromatic rings. The average molecular weight is 526 g/mol. The highest BCUT2D eigenvalue weighted by Gasteiger charge is 2.07. The van der Waals surface area contributed by atoms with Crippen LogP contribution in [0, 0.1) is 0 Å². The van der Waals surface area contributed by atoms with Crippen molar-refractivity contribution < 1.29 is 0 Å². The van der Waals surface area contributed by atoms with Gasteiger partial charge in [-0.25, -0.2) is 0 Å². The van der Waals surface area contributed by atoms with Gasteiger partial charge in [-0.05, 0) is 56.2 Å². The second kappa shape index (κ2) is 26.0. The first-order valence-electron chi connectivity index (χ1n) is 17.3. The third kappa shape index (κ3) is 18.9. The molecule has 0 aromatic heterocycles. The number of anilines is 1. The fraction of sp³-hybridized carbons (Fsp3) is 0.784. The van der Waals surface area contributed by atoms with Crippen LogP contribution in [0.2, 0.25) is 0 Å². The molecule has 1 aromatic carbocycles. The lowest BCUT2D eigenvalue weighted by Gasteiger charge is -2.25. The van der Waals surface area contributed by atoms with Crippen molar-refractivity contribution in [3.63, 3.8) is 0 Å². The number of allylic oxidation sites excluding steroid dienone is 1. The Balaban J connectivity index is 2.53. The quantitative estimate of drug-likeness (QED) is 0.103. The van der Waals surface area contributed by atoms with Crippen molar-refractivity contribution in [2.24, 2.45) is 0 Å². The van der Waals surface area contributed by atoms with Crippen LogP contribution in [0.25, 0.3) is 6.08 Å². The normalized spacial score (nSPS) is 11.8. The molecular formula is C37H67N. The first-order valence-corrected chi connectivity index (χ1v) is 17.3. The van der Waals surface area contributed by atoms with E-state index in [9.17, 15) is 0 Å². The molecule has 38 heavy (non-hydrogen) atoms. The summed E-state index contributed by atoms with van der Waals surface area (Å²) in [7, 11) is 0. The smallest absolute Gasteiger partial charge is 0.0366 e. The zero-order valence-corrected chi connectivity index (χ0v) is 26.5. The maximum atomic E-state index is 2.65. The first kappa shape index (κ1) is 34.8. The molecule has 0 atom stereocenters. The first-order chi connectivity index (χ1) is 18.7. The van der Waals surface area contributed by atoms with Crippen molar-refractivity contribution in [3.05, 3.63) is 35.4 Å². The van der Waals surface area contributed by atoms with E-state index in [4.69, 9.17) is 0 Å². The Morgan fingerprint density at radius 2 is 0.868 bits per heavy atom. The van der Waals surface area contributed by atoms with E-state index < -0.39 is 0 Å². The van der Waals surface area contributed by atoms with Gasteiger partial charge < -0.3 is 4.90 Å². The Hall–Kier alpha value is -1.24. The Kier molecular flexibility index (Phi) is 23.8. The number of nitrogens with zero attached hydrogens (tertiary/aromatic N) is 1. The van der Waals surface area contributed by atoms with E-state index in [-0.39, 0.29) is 0 Å². The van der Waals surface area contributed by atoms with Crippen molar-refractivity contribution in [1.82, 2.24) is 0 Å². The van der Waals surface area contributed by atoms with Gasteiger partial charge in [-0.1, -0.05) is 161 Å². The Morgan fingerprint density at radius 1 is 0.474 bits per heavy atom. The number of rotatable bonds is 27. The van der Waals surface area contributed by atoms with Gasteiger partial charge >= 0.3 is 0 Å². The number of unbranched alkanes of at least 4 members (excludes halogenated alkanes) is 17. The summed E-state index contributed by atoms with van der Waals surface area (Å²) < 4.78 is 0. The monoisotopic (exact) mass is 526 g/mol. The zero-order valence-electron chi connectivity index (χ0n) is 26.5. The van der Waals surface area contributed by atoms with E-state index >= 15 is 0 Å². The van der Waals surface area contributed by atoms with Gasteiger partial charge in [-0.2, -0.15) is 0 Å². The molecule has 0 N–H and O–H groups in total. The molecule has 1 heteroatoms. The van der Waals surface area contributed by atoms with E-state index in [1.165, 1.54) is 172 Å². The molecule has 1 rings (SSSR count). The molecule has 0 spiro atoms. The highest BCUT2D eigenvalue weighted by Crippen LogP contribution is 2.23. The molecular weight excluding hydrogens is 458 g/mol. The molecule has 0 radical (unpaired) electrons. The average Bonchev–Trinajstić information content (AvgIpc) is 2.94. The Morgan fingerprint density at radius 3 is 1.34 bits per heavy atom. The van der Waals surface area contributed by atoms with Gasteiger partial charge in [-0.15, -0.1) is 0 Å². The van der Waals surface area contributed by atoms with Crippen molar-refractivity contribution in [1.29, 1.82) is 0 Å². The molecule has 0 unspecified atom stereocenters. The highest BCUT2D eigenvalue weighted by atomic mass is 15.1. The minimum absolute atomic E-state index is 1.21. The minimum Gasteiger partial charge on any atom is -0.372 e. The van der Waals surface area contributed by atoms with Crippen molar-refractivity contribution in [2.45, 2.75) is 175 Å². The van der Waals surface area contributed by atoms with Crippen LogP contribution in [0.3, 0.4) is 0 Å². The highest BCUT2D eigenvalue weighted by molar-refractivity contribution is 5.58. The summed E-state index contributed by atoms with van der Waals surface area (Å²) in [5.74, 6) is 0. The lowest BCUT2D eigenvalue weighted by atomic mass is 9.98. The number of hydrogen-bond donors (Lipinski definition) is 0. The third-order valence-electron chi connectivity index (χ3n) is 8.15. The minimum atomic E-state index is 1.21. The molecule has 0 saturated carbocycles. The van der Waals surface area contributed by atoms with E-state index in [1.54, 1.807) is 5.57 Å². The zero-order chi connectivity index (χ0) is 27.5. The molecule has 0 fully saturated rings.